The van der Waals surface area contributed by atoms with Crippen LogP contribution in [0.1, 0.15) is 39.8 Å². The van der Waals surface area contributed by atoms with Gasteiger partial charge in [0.05, 0.1) is 0 Å². The van der Waals surface area contributed by atoms with E-state index in [-0.39, 0.29) is 11.8 Å². The van der Waals surface area contributed by atoms with Crippen LogP contribution < -0.4 is 15.5 Å². The molecule has 0 aliphatic rings. The van der Waals surface area contributed by atoms with Crippen molar-refractivity contribution in [1.82, 2.24) is 9.99 Å². The van der Waals surface area contributed by atoms with Gasteiger partial charge in [0.25, 0.3) is 11.8 Å². The molecule has 2 amide bonds. The molecular formula is C24H27N3O3. The third-order valence-electron chi connectivity index (χ3n) is 4.87. The average Bonchev–Trinajstić information content (AvgIpc) is 3.05. The Kier molecular flexibility index (Phi) is 6.57. The number of carbonyl (C=O) groups excluding carboxylic acids is 2. The normalized spacial score (nSPS) is 11.6. The van der Waals surface area contributed by atoms with E-state index in [4.69, 9.17) is 4.74 Å². The zero-order chi connectivity index (χ0) is 21.7. The number of aromatic nitrogens is 1. The second-order valence-corrected chi connectivity index (χ2v) is 7.38. The fourth-order valence-electron chi connectivity index (χ4n) is 2.99. The van der Waals surface area contributed by atoms with E-state index in [1.165, 1.54) is 5.56 Å². The number of nitrogens with one attached hydrogen (secondary N) is 2. The monoisotopic (exact) mass is 405 g/mol. The van der Waals surface area contributed by atoms with Crippen LogP contribution in [0.25, 0.3) is 0 Å². The van der Waals surface area contributed by atoms with E-state index < -0.39 is 6.10 Å². The Bertz CT molecular complexity index is 1000. The highest BCUT2D eigenvalue weighted by Gasteiger charge is 2.15. The van der Waals surface area contributed by atoms with Crippen molar-refractivity contribution >= 4 is 11.8 Å². The van der Waals surface area contributed by atoms with Gasteiger partial charge in [0.15, 0.2) is 6.10 Å². The molecule has 0 unspecified atom stereocenters. The number of ether oxygens (including phenoxy) is 1. The van der Waals surface area contributed by atoms with E-state index in [0.29, 0.717) is 17.9 Å². The van der Waals surface area contributed by atoms with Crippen molar-refractivity contribution in [3.63, 3.8) is 0 Å². The van der Waals surface area contributed by atoms with Crippen LogP contribution in [0.5, 0.6) is 5.75 Å². The quantitative estimate of drug-likeness (QED) is 0.627. The molecule has 0 radical (unpaired) electrons. The minimum atomic E-state index is -0.653. The first-order chi connectivity index (χ1) is 14.3. The first-order valence-corrected chi connectivity index (χ1v) is 9.90. The second kappa shape index (κ2) is 9.31. The van der Waals surface area contributed by atoms with Crippen LogP contribution in [-0.2, 0) is 11.3 Å². The summed E-state index contributed by atoms with van der Waals surface area (Å²) in [5, 5.41) is 2.87. The van der Waals surface area contributed by atoms with E-state index in [9.17, 15) is 9.59 Å². The van der Waals surface area contributed by atoms with Gasteiger partial charge in [-0.15, -0.1) is 0 Å². The number of hydrogen-bond donors (Lipinski definition) is 2. The molecule has 1 aromatic heterocycles. The van der Waals surface area contributed by atoms with Gasteiger partial charge in [-0.25, -0.2) is 0 Å². The molecule has 6 heteroatoms. The lowest BCUT2D eigenvalue weighted by atomic mass is 10.1. The first kappa shape index (κ1) is 21.2. The second-order valence-electron chi connectivity index (χ2n) is 7.38. The summed E-state index contributed by atoms with van der Waals surface area (Å²) >= 11 is 0. The van der Waals surface area contributed by atoms with E-state index >= 15 is 0 Å². The predicted molar refractivity (Wildman–Crippen MR) is 117 cm³/mol. The summed E-state index contributed by atoms with van der Waals surface area (Å²) in [6.45, 7) is 8.02. The topological polar surface area (TPSA) is 72.4 Å². The molecule has 0 bridgehead atoms. The number of rotatable bonds is 7. The third-order valence-corrected chi connectivity index (χ3v) is 4.87. The molecular weight excluding hydrogens is 378 g/mol. The molecule has 2 aromatic carbocycles. The molecule has 0 aliphatic carbocycles. The molecule has 2 N–H and O–H groups in total. The van der Waals surface area contributed by atoms with Crippen molar-refractivity contribution in [2.24, 2.45) is 0 Å². The van der Waals surface area contributed by atoms with Crippen molar-refractivity contribution in [1.29, 1.82) is 0 Å². The van der Waals surface area contributed by atoms with Crippen LogP contribution in [0.4, 0.5) is 0 Å². The Balaban J connectivity index is 1.53. The highest BCUT2D eigenvalue weighted by molar-refractivity contribution is 6.00. The maximum atomic E-state index is 12.5. The smallest absolute Gasteiger partial charge is 0.270 e. The Labute approximate surface area is 176 Å². The standard InChI is InChI=1S/C24H27N3O3/c1-16-5-9-20(10-6-16)15-25-23(28)19(4)30-22-13-11-21(12-14-22)24(29)26-27-17(2)7-8-18(27)3/h5-14,19H,15H2,1-4H3,(H,25,28)(H,26,29)/t19-/m1/s1. The third kappa shape index (κ3) is 5.29. The van der Waals surface area contributed by atoms with Crippen molar-refractivity contribution in [3.05, 3.63) is 88.7 Å². The van der Waals surface area contributed by atoms with Crippen molar-refractivity contribution in [3.8, 4) is 5.75 Å². The Morgan fingerprint density at radius 1 is 0.900 bits per heavy atom. The van der Waals surface area contributed by atoms with E-state index in [2.05, 4.69) is 10.7 Å². The number of nitrogens with zero attached hydrogens (tertiary/aromatic N) is 1. The van der Waals surface area contributed by atoms with Gasteiger partial charge in [-0.1, -0.05) is 29.8 Å². The average molecular weight is 405 g/mol. The van der Waals surface area contributed by atoms with Gasteiger partial charge < -0.3 is 10.1 Å². The van der Waals surface area contributed by atoms with Crippen LogP contribution in [0, 0.1) is 20.8 Å². The summed E-state index contributed by atoms with van der Waals surface area (Å²) in [6.07, 6.45) is -0.653. The zero-order valence-electron chi connectivity index (χ0n) is 17.7. The summed E-state index contributed by atoms with van der Waals surface area (Å²) in [4.78, 5) is 24.8. The summed E-state index contributed by atoms with van der Waals surface area (Å²) in [6, 6.07) is 18.6. The van der Waals surface area contributed by atoms with Gasteiger partial charge in [-0.3, -0.25) is 19.7 Å². The lowest BCUT2D eigenvalue weighted by Gasteiger charge is -2.15. The molecule has 0 aliphatic heterocycles. The van der Waals surface area contributed by atoms with Crippen molar-refractivity contribution < 1.29 is 14.3 Å². The number of amides is 2. The van der Waals surface area contributed by atoms with Crippen molar-refractivity contribution in [2.75, 3.05) is 5.43 Å². The lowest BCUT2D eigenvalue weighted by Crippen LogP contribution is -2.35. The number of hydrogen-bond acceptors (Lipinski definition) is 3. The maximum Gasteiger partial charge on any atom is 0.270 e. The van der Waals surface area contributed by atoms with E-state index in [0.717, 1.165) is 17.0 Å². The number of benzene rings is 2. The summed E-state index contributed by atoms with van der Waals surface area (Å²) in [5.74, 6) is 0.113. The molecule has 6 nitrogen and oxygen atoms in total. The minimum absolute atomic E-state index is 0.198. The molecule has 0 saturated carbocycles. The molecule has 1 atom stereocenters. The molecule has 0 saturated heterocycles. The van der Waals surface area contributed by atoms with Gasteiger partial charge >= 0.3 is 0 Å². The zero-order valence-corrected chi connectivity index (χ0v) is 17.7. The maximum absolute atomic E-state index is 12.5. The summed E-state index contributed by atoms with van der Waals surface area (Å²) in [7, 11) is 0. The van der Waals surface area contributed by atoms with Crippen LogP contribution >= 0.6 is 0 Å². The Morgan fingerprint density at radius 2 is 1.50 bits per heavy atom. The highest BCUT2D eigenvalue weighted by Crippen LogP contribution is 2.15. The predicted octanol–water partition coefficient (Wildman–Crippen LogP) is 3.88. The van der Waals surface area contributed by atoms with Crippen LogP contribution in [0.2, 0.25) is 0 Å². The van der Waals surface area contributed by atoms with E-state index in [1.54, 1.807) is 35.9 Å². The van der Waals surface area contributed by atoms with E-state index in [1.807, 2.05) is 57.2 Å². The minimum Gasteiger partial charge on any atom is -0.481 e. The van der Waals surface area contributed by atoms with Crippen LogP contribution in [0.3, 0.4) is 0 Å². The van der Waals surface area contributed by atoms with Gasteiger partial charge in [-0.05, 0) is 69.7 Å². The number of carbonyl (C=O) groups is 2. The molecule has 3 aromatic rings. The van der Waals surface area contributed by atoms with Gasteiger partial charge in [0.1, 0.15) is 5.75 Å². The van der Waals surface area contributed by atoms with Gasteiger partial charge in [0, 0.05) is 23.5 Å². The first-order valence-electron chi connectivity index (χ1n) is 9.90. The fourth-order valence-corrected chi connectivity index (χ4v) is 2.99. The highest BCUT2D eigenvalue weighted by atomic mass is 16.5. The molecule has 3 rings (SSSR count). The Hall–Kier alpha value is -3.54. The van der Waals surface area contributed by atoms with Gasteiger partial charge in [-0.2, -0.15) is 0 Å². The number of aryl methyl sites for hydroxylation is 3. The molecule has 156 valence electrons. The molecule has 1 heterocycles. The molecule has 30 heavy (non-hydrogen) atoms. The summed E-state index contributed by atoms with van der Waals surface area (Å²) in [5.41, 5.74) is 7.48. The molecule has 0 fully saturated rings. The van der Waals surface area contributed by atoms with Crippen LogP contribution in [0.15, 0.2) is 60.7 Å². The Morgan fingerprint density at radius 3 is 2.10 bits per heavy atom. The van der Waals surface area contributed by atoms with Gasteiger partial charge in [0.2, 0.25) is 0 Å². The fraction of sp³-hybridized carbons (Fsp3) is 0.250. The largest absolute Gasteiger partial charge is 0.481 e. The molecule has 0 spiro atoms. The van der Waals surface area contributed by atoms with Crippen LogP contribution in [-0.4, -0.2) is 22.6 Å². The summed E-state index contributed by atoms with van der Waals surface area (Å²) < 4.78 is 7.46. The van der Waals surface area contributed by atoms with Crippen molar-refractivity contribution in [2.45, 2.75) is 40.3 Å². The lowest BCUT2D eigenvalue weighted by molar-refractivity contribution is -0.127. The SMILES string of the molecule is Cc1ccc(CNC(=O)[C@@H](C)Oc2ccc(C(=O)Nn3c(C)ccc3C)cc2)cc1.